The Kier molecular flexibility index (Phi) is 10.3. The Morgan fingerprint density at radius 1 is 1.04 bits per heavy atom. The number of nitrogens with one attached hydrogen (secondary N) is 1. The Morgan fingerprint density at radius 2 is 1.88 bits per heavy atom. The predicted molar refractivity (Wildman–Crippen MR) is 186 cm³/mol. The molecule has 0 spiro atoms. The van der Waals surface area contributed by atoms with Gasteiger partial charge < -0.3 is 29.5 Å². The maximum absolute atomic E-state index is 14.8. The van der Waals surface area contributed by atoms with Crippen LogP contribution in [-0.2, 0) is 16.1 Å². The number of piperidine rings is 1. The number of carbonyl (C=O) groups is 1. The lowest BCUT2D eigenvalue weighted by Gasteiger charge is -2.38. The van der Waals surface area contributed by atoms with E-state index in [9.17, 15) is 19.6 Å². The highest BCUT2D eigenvalue weighted by Crippen LogP contribution is 2.41. The molecule has 5 aromatic rings. The van der Waals surface area contributed by atoms with Crippen molar-refractivity contribution in [2.24, 2.45) is 0 Å². The number of alkyl carbamates (subject to hydrolysis) is 1. The maximum atomic E-state index is 14.8. The molecule has 4 aromatic carbocycles. The van der Waals surface area contributed by atoms with E-state index in [0.29, 0.717) is 47.5 Å². The molecule has 10 heteroatoms. The summed E-state index contributed by atoms with van der Waals surface area (Å²) < 4.78 is 31.4. The number of aromatic nitrogens is 1. The Balaban J connectivity index is 1.36. The molecule has 1 amide bonds. The van der Waals surface area contributed by atoms with Gasteiger partial charge in [-0.15, -0.1) is 0 Å². The van der Waals surface area contributed by atoms with Crippen molar-refractivity contribution in [3.63, 3.8) is 0 Å². The molecular formula is C39H37FN4O5. The number of nitrogens with zero attached hydrogens (tertiary/aromatic N) is 3. The number of hydrogen-bond acceptors (Lipinski definition) is 8. The van der Waals surface area contributed by atoms with Crippen molar-refractivity contribution in [3.8, 4) is 34.1 Å². The molecule has 1 saturated heterocycles. The highest BCUT2D eigenvalue weighted by molar-refractivity contribution is 6.02. The zero-order valence-electron chi connectivity index (χ0n) is 27.4. The molecule has 1 aliphatic heterocycles. The lowest BCUT2D eigenvalue weighted by atomic mass is 9.94. The van der Waals surface area contributed by atoms with Gasteiger partial charge in [0, 0.05) is 42.9 Å². The molecule has 9 nitrogen and oxygen atoms in total. The smallest absolute Gasteiger partial charge is 0.407 e. The number of rotatable bonds is 10. The molecule has 1 fully saturated rings. The number of β-amino-alcohol motifs (C(OH)–C–C–N with tert-alkyl or cyclic N) is 1. The number of methoxy groups -OCH3 is 1. The van der Waals surface area contributed by atoms with Gasteiger partial charge in [0.05, 0.1) is 35.5 Å². The fraction of sp³-hybridized carbons (Fsp3) is 0.256. The summed E-state index contributed by atoms with van der Waals surface area (Å²) in [7, 11) is 1.59. The number of nitriles is 1. The van der Waals surface area contributed by atoms with E-state index in [1.165, 1.54) is 12.1 Å². The molecule has 0 unspecified atom stereocenters. The molecule has 0 aliphatic carbocycles. The maximum Gasteiger partial charge on any atom is 0.407 e. The average Bonchev–Trinajstić information content (AvgIpc) is 3.11. The summed E-state index contributed by atoms with van der Waals surface area (Å²) in [5.41, 5.74) is 6.39. The number of aryl methyl sites for hydroxylation is 1. The molecule has 2 N–H and O–H groups in total. The average molecular weight is 661 g/mol. The number of ether oxygens (including phenoxy) is 3. The van der Waals surface area contributed by atoms with Crippen LogP contribution >= 0.6 is 0 Å². The first-order chi connectivity index (χ1) is 23.8. The first-order valence-electron chi connectivity index (χ1n) is 16.1. The Labute approximate surface area is 284 Å². The summed E-state index contributed by atoms with van der Waals surface area (Å²) in [4.78, 5) is 19.5. The molecule has 0 bridgehead atoms. The number of para-hydroxylation sites is 1. The zero-order chi connectivity index (χ0) is 34.3. The van der Waals surface area contributed by atoms with Gasteiger partial charge in [-0.3, -0.25) is 4.98 Å². The van der Waals surface area contributed by atoms with Gasteiger partial charge in [0.1, 0.15) is 30.8 Å². The number of fused-ring (bicyclic) bond motifs is 1. The third kappa shape index (κ3) is 7.64. The summed E-state index contributed by atoms with van der Waals surface area (Å²) in [6, 6.07) is 27.2. The Bertz CT molecular complexity index is 1980. The number of pyridine rings is 1. The van der Waals surface area contributed by atoms with Crippen LogP contribution in [-0.4, -0.2) is 61.7 Å². The van der Waals surface area contributed by atoms with Crippen LogP contribution in [0, 0.1) is 24.1 Å². The van der Waals surface area contributed by atoms with Gasteiger partial charge in [0.15, 0.2) is 0 Å². The molecule has 2 atom stereocenters. The van der Waals surface area contributed by atoms with E-state index < -0.39 is 18.2 Å². The second-order valence-electron chi connectivity index (χ2n) is 12.0. The van der Waals surface area contributed by atoms with E-state index in [0.717, 1.165) is 33.3 Å². The molecule has 6 rings (SSSR count). The van der Waals surface area contributed by atoms with Gasteiger partial charge in [-0.2, -0.15) is 5.26 Å². The summed E-state index contributed by atoms with van der Waals surface area (Å²) in [6.45, 7) is 3.28. The fourth-order valence-electron chi connectivity index (χ4n) is 6.24. The quantitative estimate of drug-likeness (QED) is 0.158. The number of halogens is 1. The van der Waals surface area contributed by atoms with E-state index in [4.69, 9.17) is 19.2 Å². The number of benzene rings is 4. The van der Waals surface area contributed by atoms with Gasteiger partial charge in [0.25, 0.3) is 0 Å². The van der Waals surface area contributed by atoms with E-state index in [2.05, 4.69) is 16.3 Å². The molecule has 2 heterocycles. The van der Waals surface area contributed by atoms with E-state index in [1.54, 1.807) is 19.4 Å². The predicted octanol–water partition coefficient (Wildman–Crippen LogP) is 6.78. The molecule has 250 valence electrons. The van der Waals surface area contributed by atoms with Crippen molar-refractivity contribution in [3.05, 3.63) is 114 Å². The van der Waals surface area contributed by atoms with Crippen LogP contribution in [0.5, 0.6) is 5.75 Å². The van der Waals surface area contributed by atoms with Crippen LogP contribution in [0.3, 0.4) is 0 Å². The second kappa shape index (κ2) is 15.2. The van der Waals surface area contributed by atoms with Crippen LogP contribution in [0.1, 0.15) is 23.1 Å². The summed E-state index contributed by atoms with van der Waals surface area (Å²) in [5.74, 6) is 0.0900. The summed E-state index contributed by atoms with van der Waals surface area (Å²) >= 11 is 0. The van der Waals surface area contributed by atoms with Crippen LogP contribution < -0.4 is 15.0 Å². The number of carbonyl (C=O) groups excluding carboxylic acids is 1. The number of anilines is 1. The van der Waals surface area contributed by atoms with Crippen molar-refractivity contribution in [2.75, 3.05) is 38.3 Å². The molecular weight excluding hydrogens is 623 g/mol. The van der Waals surface area contributed by atoms with Gasteiger partial charge in [-0.25, -0.2) is 9.18 Å². The van der Waals surface area contributed by atoms with Crippen molar-refractivity contribution in [2.45, 2.75) is 32.1 Å². The zero-order valence-corrected chi connectivity index (χ0v) is 27.4. The van der Waals surface area contributed by atoms with Gasteiger partial charge in [-0.05, 0) is 65.9 Å². The third-order valence-corrected chi connectivity index (χ3v) is 8.59. The topological polar surface area (TPSA) is 117 Å². The Hall–Kier alpha value is -5.50. The van der Waals surface area contributed by atoms with Crippen molar-refractivity contribution in [1.82, 2.24) is 10.3 Å². The molecule has 1 aliphatic rings. The van der Waals surface area contributed by atoms with E-state index in [1.807, 2.05) is 73.7 Å². The lowest BCUT2D eigenvalue weighted by Crippen LogP contribution is -2.54. The SMILES string of the molecule is COCCOc1c(C#N)cccc1-c1ccc2ncc(-c3cc(C)cc(F)c3)c(N3CC[C@H](NC(=O)OCc4ccccc4)[C@H](O)C3)c2c1. The van der Waals surface area contributed by atoms with Gasteiger partial charge in [0.2, 0.25) is 0 Å². The number of amides is 1. The second-order valence-corrected chi connectivity index (χ2v) is 12.0. The van der Waals surface area contributed by atoms with Crippen LogP contribution in [0.25, 0.3) is 33.2 Å². The molecule has 1 aromatic heterocycles. The minimum atomic E-state index is -0.917. The number of aliphatic hydroxyl groups excluding tert-OH is 1. The molecule has 0 saturated carbocycles. The van der Waals surface area contributed by atoms with E-state index in [-0.39, 0.29) is 25.6 Å². The fourth-order valence-corrected chi connectivity index (χ4v) is 6.24. The van der Waals surface area contributed by atoms with Gasteiger partial charge >= 0.3 is 6.09 Å². The molecule has 49 heavy (non-hydrogen) atoms. The minimum Gasteiger partial charge on any atom is -0.489 e. The van der Waals surface area contributed by atoms with Crippen molar-refractivity contribution in [1.29, 1.82) is 5.26 Å². The first kappa shape index (κ1) is 33.4. The minimum absolute atomic E-state index is 0.125. The number of hydrogen-bond donors (Lipinski definition) is 2. The van der Waals surface area contributed by atoms with Crippen molar-refractivity contribution < 1.29 is 28.5 Å². The first-order valence-corrected chi connectivity index (χ1v) is 16.1. The third-order valence-electron chi connectivity index (χ3n) is 8.59. The summed E-state index contributed by atoms with van der Waals surface area (Å²) in [6.07, 6.45) is 0.659. The van der Waals surface area contributed by atoms with Gasteiger partial charge in [-0.1, -0.05) is 54.6 Å². The largest absolute Gasteiger partial charge is 0.489 e. The van der Waals surface area contributed by atoms with Crippen LogP contribution in [0.4, 0.5) is 14.9 Å². The van der Waals surface area contributed by atoms with Crippen LogP contribution in [0.15, 0.2) is 91.1 Å². The van der Waals surface area contributed by atoms with Crippen molar-refractivity contribution >= 4 is 22.7 Å². The standard InChI is InChI=1S/C39H37FN4O5/c1-25-17-29(19-30(40)18-25)33-22-42-34-12-11-27(31-10-6-9-28(21-41)38(31)48-16-15-47-2)20-32(34)37(33)44-14-13-35(36(45)23-44)43-39(46)49-24-26-7-4-3-5-8-26/h3-12,17-20,22,35-36,45H,13-16,23-24H2,1-2H3,(H,43,46)/t35-,36+/m0/s1. The van der Waals surface area contributed by atoms with Crippen LogP contribution in [0.2, 0.25) is 0 Å². The van der Waals surface area contributed by atoms with E-state index >= 15 is 0 Å². The lowest BCUT2D eigenvalue weighted by molar-refractivity contribution is 0.0933. The Morgan fingerprint density at radius 3 is 2.63 bits per heavy atom. The highest BCUT2D eigenvalue weighted by Gasteiger charge is 2.32. The molecule has 0 radical (unpaired) electrons. The highest BCUT2D eigenvalue weighted by atomic mass is 19.1. The monoisotopic (exact) mass is 660 g/mol. The number of aliphatic hydroxyl groups is 1. The normalized spacial score (nSPS) is 15.9. The summed E-state index contributed by atoms with van der Waals surface area (Å²) in [5, 5.41) is 24.8.